The molecule has 0 radical (unpaired) electrons. The summed E-state index contributed by atoms with van der Waals surface area (Å²) >= 11 is 2.41. The first-order valence-electron chi connectivity index (χ1n) is 9.89. The number of anilines is 2. The Bertz CT molecular complexity index is 1410. The van der Waals surface area contributed by atoms with Gasteiger partial charge in [-0.05, 0) is 66.4 Å². The lowest BCUT2D eigenvalue weighted by atomic mass is 10.2. The summed E-state index contributed by atoms with van der Waals surface area (Å²) in [6.45, 7) is 3.14. The van der Waals surface area contributed by atoms with Gasteiger partial charge in [0.2, 0.25) is 11.8 Å². The van der Waals surface area contributed by atoms with Crippen LogP contribution in [0, 0.1) is 12.7 Å². The lowest BCUT2D eigenvalue weighted by Gasteiger charge is -2.14. The van der Waals surface area contributed by atoms with E-state index in [0.29, 0.717) is 38.0 Å². The largest absolute Gasteiger partial charge is 0.326 e. The Morgan fingerprint density at radius 3 is 2.45 bits per heavy atom. The summed E-state index contributed by atoms with van der Waals surface area (Å²) in [6.07, 6.45) is 0. The first-order chi connectivity index (χ1) is 15.8. The van der Waals surface area contributed by atoms with E-state index in [9.17, 15) is 18.8 Å². The van der Waals surface area contributed by atoms with E-state index >= 15 is 0 Å². The van der Waals surface area contributed by atoms with Crippen LogP contribution in [0.3, 0.4) is 0 Å². The summed E-state index contributed by atoms with van der Waals surface area (Å²) in [5.74, 6) is -0.849. The van der Waals surface area contributed by atoms with Crippen molar-refractivity contribution in [2.75, 3.05) is 16.4 Å². The van der Waals surface area contributed by atoms with Gasteiger partial charge >= 0.3 is 0 Å². The zero-order valence-electron chi connectivity index (χ0n) is 17.7. The predicted molar refractivity (Wildman–Crippen MR) is 130 cm³/mol. The number of benzene rings is 2. The van der Waals surface area contributed by atoms with Crippen LogP contribution in [0.25, 0.3) is 15.9 Å². The van der Waals surface area contributed by atoms with Crippen molar-refractivity contribution in [2.45, 2.75) is 19.0 Å². The van der Waals surface area contributed by atoms with E-state index in [-0.39, 0.29) is 23.1 Å². The molecule has 0 aliphatic carbocycles. The molecule has 0 aliphatic heterocycles. The fourth-order valence-electron chi connectivity index (χ4n) is 3.24. The van der Waals surface area contributed by atoms with Crippen LogP contribution in [0.1, 0.15) is 12.5 Å². The van der Waals surface area contributed by atoms with Crippen LogP contribution < -0.4 is 16.2 Å². The average Bonchev–Trinajstić information content (AvgIpc) is 3.23. The van der Waals surface area contributed by atoms with Gasteiger partial charge in [0.25, 0.3) is 5.56 Å². The molecule has 0 spiro atoms. The Kier molecular flexibility index (Phi) is 6.57. The van der Waals surface area contributed by atoms with Gasteiger partial charge in [0.15, 0.2) is 5.16 Å². The predicted octanol–water partition coefficient (Wildman–Crippen LogP) is 4.58. The number of thiophene rings is 1. The highest BCUT2D eigenvalue weighted by molar-refractivity contribution is 7.99. The van der Waals surface area contributed by atoms with Crippen LogP contribution in [-0.2, 0) is 9.59 Å². The average molecular weight is 483 g/mol. The second-order valence-electron chi connectivity index (χ2n) is 7.20. The first kappa shape index (κ1) is 22.7. The van der Waals surface area contributed by atoms with Crippen LogP contribution in [-0.4, -0.2) is 27.1 Å². The van der Waals surface area contributed by atoms with Crippen LogP contribution in [0.2, 0.25) is 0 Å². The van der Waals surface area contributed by atoms with E-state index in [2.05, 4.69) is 15.6 Å². The Morgan fingerprint density at radius 1 is 1.09 bits per heavy atom. The molecule has 2 aromatic carbocycles. The third-order valence-corrected chi connectivity index (χ3v) is 6.50. The van der Waals surface area contributed by atoms with Gasteiger partial charge in [-0.25, -0.2) is 9.37 Å². The standard InChI is InChI=1S/C23H19FN4O3S2/c1-13-11-15(24)3-8-19(13)28-22(31)21-18(9-10-32-21)27-23(28)33-12-20(30)26-17-6-4-16(5-7-17)25-14(2)29/h3-11H,12H2,1-2H3,(H,25,29)(H,26,30). The summed E-state index contributed by atoms with van der Waals surface area (Å²) in [6, 6.07) is 12.7. The molecule has 2 amide bonds. The van der Waals surface area contributed by atoms with Crippen LogP contribution >= 0.6 is 23.1 Å². The van der Waals surface area contributed by atoms with Crippen molar-refractivity contribution >= 4 is 56.5 Å². The Balaban J connectivity index is 1.57. The van der Waals surface area contributed by atoms with Crippen molar-refractivity contribution in [1.82, 2.24) is 9.55 Å². The van der Waals surface area contributed by atoms with Gasteiger partial charge in [-0.3, -0.25) is 19.0 Å². The molecular weight excluding hydrogens is 463 g/mol. The van der Waals surface area contributed by atoms with Crippen molar-refractivity contribution < 1.29 is 14.0 Å². The lowest BCUT2D eigenvalue weighted by molar-refractivity contribution is -0.114. The summed E-state index contributed by atoms with van der Waals surface area (Å²) in [5.41, 5.74) is 2.59. The quantitative estimate of drug-likeness (QED) is 0.310. The number of aryl methyl sites for hydroxylation is 1. The van der Waals surface area contributed by atoms with Crippen LogP contribution in [0.15, 0.2) is 63.9 Å². The number of fused-ring (bicyclic) bond motifs is 1. The number of nitrogens with one attached hydrogen (secondary N) is 2. The Hall–Kier alpha value is -3.50. The third-order valence-electron chi connectivity index (χ3n) is 4.67. The molecule has 168 valence electrons. The molecular formula is C23H19FN4O3S2. The minimum atomic E-state index is -0.396. The van der Waals surface area contributed by atoms with E-state index in [0.717, 1.165) is 11.8 Å². The van der Waals surface area contributed by atoms with Crippen molar-refractivity contribution in [3.05, 3.63) is 75.6 Å². The number of rotatable bonds is 6. The molecule has 2 aromatic heterocycles. The van der Waals surface area contributed by atoms with Gasteiger partial charge in [-0.2, -0.15) is 0 Å². The second kappa shape index (κ2) is 9.55. The molecule has 4 aromatic rings. The molecule has 4 rings (SSSR count). The van der Waals surface area contributed by atoms with E-state index in [1.54, 1.807) is 42.6 Å². The van der Waals surface area contributed by atoms with Crippen LogP contribution in [0.5, 0.6) is 0 Å². The molecule has 0 unspecified atom stereocenters. The Labute approximate surface area is 196 Å². The molecule has 0 saturated heterocycles. The highest BCUT2D eigenvalue weighted by Crippen LogP contribution is 2.25. The lowest BCUT2D eigenvalue weighted by Crippen LogP contribution is -2.23. The molecule has 0 saturated carbocycles. The number of thioether (sulfide) groups is 1. The molecule has 0 atom stereocenters. The zero-order chi connectivity index (χ0) is 23.5. The number of carbonyl (C=O) groups excluding carboxylic acids is 2. The van der Waals surface area contributed by atoms with Crippen molar-refractivity contribution in [3.63, 3.8) is 0 Å². The fourth-order valence-corrected chi connectivity index (χ4v) is 4.80. The zero-order valence-corrected chi connectivity index (χ0v) is 19.3. The maximum atomic E-state index is 13.6. The molecule has 7 nitrogen and oxygen atoms in total. The van der Waals surface area contributed by atoms with E-state index in [1.807, 2.05) is 0 Å². The van der Waals surface area contributed by atoms with E-state index in [4.69, 9.17) is 0 Å². The van der Waals surface area contributed by atoms with Gasteiger partial charge < -0.3 is 10.6 Å². The van der Waals surface area contributed by atoms with Crippen molar-refractivity contribution in [3.8, 4) is 5.69 Å². The molecule has 0 bridgehead atoms. The monoisotopic (exact) mass is 482 g/mol. The molecule has 0 fully saturated rings. The summed E-state index contributed by atoms with van der Waals surface area (Å²) < 4.78 is 15.6. The Morgan fingerprint density at radius 2 is 1.79 bits per heavy atom. The molecule has 2 N–H and O–H groups in total. The third kappa shape index (κ3) is 5.12. The maximum Gasteiger partial charge on any atom is 0.276 e. The van der Waals surface area contributed by atoms with Gasteiger partial charge in [0, 0.05) is 18.3 Å². The maximum absolute atomic E-state index is 13.6. The number of hydrogen-bond donors (Lipinski definition) is 2. The van der Waals surface area contributed by atoms with Crippen molar-refractivity contribution in [1.29, 1.82) is 0 Å². The summed E-state index contributed by atoms with van der Waals surface area (Å²) in [7, 11) is 0. The number of nitrogens with zero attached hydrogens (tertiary/aromatic N) is 2. The topological polar surface area (TPSA) is 93.1 Å². The normalized spacial score (nSPS) is 10.9. The van der Waals surface area contributed by atoms with Crippen molar-refractivity contribution in [2.24, 2.45) is 0 Å². The molecule has 2 heterocycles. The number of hydrogen-bond acceptors (Lipinski definition) is 6. The highest BCUT2D eigenvalue weighted by atomic mass is 32.2. The van der Waals surface area contributed by atoms with E-state index < -0.39 is 5.82 Å². The van der Waals surface area contributed by atoms with E-state index in [1.165, 1.54) is 41.0 Å². The second-order valence-corrected chi connectivity index (χ2v) is 9.05. The minimum Gasteiger partial charge on any atom is -0.326 e. The first-order valence-corrected chi connectivity index (χ1v) is 11.8. The van der Waals surface area contributed by atoms with Gasteiger partial charge in [0.05, 0.1) is 17.0 Å². The van der Waals surface area contributed by atoms with Gasteiger partial charge in [-0.15, -0.1) is 11.3 Å². The molecule has 10 heteroatoms. The summed E-state index contributed by atoms with van der Waals surface area (Å²) in [4.78, 5) is 41.4. The molecule has 33 heavy (non-hydrogen) atoms. The van der Waals surface area contributed by atoms with Crippen LogP contribution in [0.4, 0.5) is 15.8 Å². The SMILES string of the molecule is CC(=O)Nc1ccc(NC(=O)CSc2nc3ccsc3c(=O)n2-c2ccc(F)cc2C)cc1. The van der Waals surface area contributed by atoms with Gasteiger partial charge in [-0.1, -0.05) is 11.8 Å². The fraction of sp³-hybridized carbons (Fsp3) is 0.130. The highest BCUT2D eigenvalue weighted by Gasteiger charge is 2.17. The number of halogens is 1. The smallest absolute Gasteiger partial charge is 0.276 e. The number of amides is 2. The molecule has 0 aliphatic rings. The summed E-state index contributed by atoms with van der Waals surface area (Å²) in [5, 5.41) is 7.57. The van der Waals surface area contributed by atoms with Gasteiger partial charge in [0.1, 0.15) is 10.5 Å². The minimum absolute atomic E-state index is 0.00970. The number of carbonyl (C=O) groups is 2. The number of aromatic nitrogens is 2.